The van der Waals surface area contributed by atoms with E-state index in [1.165, 1.54) is 52.3 Å². The van der Waals surface area contributed by atoms with Crippen LogP contribution in [0.15, 0.2) is 85.2 Å². The number of aliphatic hydroxyl groups is 2. The maximum atomic E-state index is 15.6. The van der Waals surface area contributed by atoms with Crippen molar-refractivity contribution in [2.75, 3.05) is 72.0 Å². The fourth-order valence-corrected chi connectivity index (χ4v) is 16.5. The number of unbranched alkanes of at least 4 members (excludes halogenated alkanes) is 2. The van der Waals surface area contributed by atoms with Gasteiger partial charge in [-0.2, -0.15) is 0 Å². The third-order valence-corrected chi connectivity index (χ3v) is 24.1. The number of hydrogen-bond acceptors (Lipinski definition) is 24. The van der Waals surface area contributed by atoms with Crippen LogP contribution in [0.3, 0.4) is 0 Å². The number of fused-ring (bicyclic) bond motifs is 4. The summed E-state index contributed by atoms with van der Waals surface area (Å²) < 4.78 is 0. The molecule has 8 rings (SSSR count). The molecule has 3 aliphatic rings. The Morgan fingerprint density at radius 1 is 0.512 bits per heavy atom. The summed E-state index contributed by atoms with van der Waals surface area (Å²) >= 11 is 0.758. The van der Waals surface area contributed by atoms with Gasteiger partial charge in [-0.05, 0) is 92.9 Å². The maximum Gasteiger partial charge on any atom is 0.246 e. The molecule has 1 unspecified atom stereocenters. The molecule has 2 aromatic heterocycles. The summed E-state index contributed by atoms with van der Waals surface area (Å²) in [4.78, 5) is 271. The lowest BCUT2D eigenvalue weighted by Gasteiger charge is -2.36. The number of aliphatic hydroxyl groups excluding tert-OH is 2. The molecule has 5 aromatic rings. The lowest BCUT2D eigenvalue weighted by atomic mass is 10.00. The zero-order valence-corrected chi connectivity index (χ0v) is 73.8. The van der Waals surface area contributed by atoms with Crippen LogP contribution in [0.4, 0.5) is 0 Å². The van der Waals surface area contributed by atoms with Crippen LogP contribution in [-0.2, 0) is 106 Å². The molecule has 44 heteroatoms. The maximum absolute atomic E-state index is 15.6. The van der Waals surface area contributed by atoms with Crippen LogP contribution in [0, 0.1) is 0 Å². The minimum atomic E-state index is -1.92. The first-order valence-electron chi connectivity index (χ1n) is 42.8. The molecule has 0 saturated carbocycles. The molecule has 3 saturated heterocycles. The third-order valence-electron chi connectivity index (χ3n) is 23.0. The first kappa shape index (κ1) is 102. The number of aromatic nitrogens is 2. The number of benzene rings is 3. The van der Waals surface area contributed by atoms with Crippen LogP contribution in [0.25, 0.3) is 21.8 Å². The first-order valence-corrected chi connectivity index (χ1v) is 44.0. The summed E-state index contributed by atoms with van der Waals surface area (Å²) in [6.07, 6.45) is -0.164. The number of phenolic OH excluding ortho intramolecular Hbond substituents is 1. The molecule has 3 aliphatic heterocycles. The van der Waals surface area contributed by atoms with Crippen molar-refractivity contribution in [2.24, 2.45) is 28.7 Å². The van der Waals surface area contributed by atoms with E-state index in [0.717, 1.165) is 36.3 Å². The van der Waals surface area contributed by atoms with Gasteiger partial charge >= 0.3 is 0 Å². The van der Waals surface area contributed by atoms with Crippen LogP contribution in [0.2, 0.25) is 0 Å². The standard InChI is InChI=1S/C85H120N22O21S/c1-7-9-20-64-78(121)95-55(29-30-86)74(117)102-63(73(116)93-40-70(90)113)43-129-44-71(114)94-58(32-46-23-25-49(109)26-24-46)81(124)103(4)45(3)72(115)98-60(36-69(89)112)84(127)106-31-15-22-65(106)79(122)100-61(37-87)76(119)96-56(27-28-68(88)111)83(126)107-41-50(110)35-67(107)80(123)97-57(33-47-38-91-53-18-13-11-16-51(47)53)75(118)101-62(42-108)77(120)99-59(34-48-39-92-54-19-14-12-17-52(48)54)82(125)105(6)66(21-10-8-2)85(128)104(64)5/h11-14,16-19,23-26,38-39,45,50,55-67,91-92,108-110H,7-10,15,20-22,27-37,40-44,86-87H2,1-6H3,(H2,88,111)(H2,89,112)(H2,90,113)(H,93,116)(H,94,114)(H,95,121)(H,96,119)(H,97,123)(H,98,115)(H,99,120)(H,100,122)(H,101,118)(H,102,117)/t45-,50+,55?,56-,57-,58-,59-,60-,61-,62-,63-,64-,65-,66-,67-/m0/s1. The van der Waals surface area contributed by atoms with Gasteiger partial charge in [-0.25, -0.2) is 0 Å². The molecule has 0 radical (unpaired) electrons. The van der Waals surface area contributed by atoms with Crippen molar-refractivity contribution in [3.8, 4) is 5.75 Å². The number of primary amides is 3. The summed E-state index contributed by atoms with van der Waals surface area (Å²) in [7, 11) is 3.86. The van der Waals surface area contributed by atoms with Crippen LogP contribution in [0.5, 0.6) is 5.75 Å². The number of likely N-dealkylation sites (N-methyl/N-ethyl adjacent to an activating group) is 3. The number of amides is 18. The third kappa shape index (κ3) is 27.9. The van der Waals surface area contributed by atoms with E-state index in [4.69, 9.17) is 28.7 Å². The quantitative estimate of drug-likeness (QED) is 0.0274. The number of H-pyrrole nitrogens is 2. The van der Waals surface area contributed by atoms with Gasteiger partial charge in [-0.15, -0.1) is 11.8 Å². The lowest BCUT2D eigenvalue weighted by molar-refractivity contribution is -0.149. The molecule has 25 N–H and O–H groups in total. The number of phenols is 1. The van der Waals surface area contributed by atoms with Gasteiger partial charge in [-0.1, -0.05) is 88.1 Å². The molecular formula is C85H120N22O21S. The Hall–Kier alpha value is -12.8. The zero-order chi connectivity index (χ0) is 94.6. The Morgan fingerprint density at radius 3 is 1.63 bits per heavy atom. The molecule has 3 aromatic carbocycles. The van der Waals surface area contributed by atoms with Crippen molar-refractivity contribution in [2.45, 2.75) is 214 Å². The van der Waals surface area contributed by atoms with Crippen molar-refractivity contribution in [1.82, 2.24) is 87.6 Å². The van der Waals surface area contributed by atoms with E-state index in [0.29, 0.717) is 64.2 Å². The SMILES string of the molecule is CCCC[C@H]1C(=O)N(C)[C@@H](CCCC)C(=O)NC(CCN)C(=O)N[C@H](C(=O)NCC(N)=O)CSCC(=O)N[C@@H](Cc2ccc(O)cc2)C(=O)N(C)[C@@H](C)C(=O)N[C@@H](CC(N)=O)C(=O)N2CCC[C@H]2C(=O)N[C@@H](CN)C(=O)N[C@@H](CCC(N)=O)C(=O)N2C[C@H](O)C[C@H]2C(=O)N[C@@H](Cc2c[nH]c3ccccc23)C(=O)N[C@@H](CO)C(=O)N[C@@H](Cc2c[nH]c3ccccc23)C(=O)N1C. The van der Waals surface area contributed by atoms with E-state index < -0.39 is 260 Å². The second kappa shape index (κ2) is 48.4. The minimum Gasteiger partial charge on any atom is -0.508 e. The molecule has 0 aliphatic carbocycles. The van der Waals surface area contributed by atoms with Gasteiger partial charge in [0.1, 0.15) is 90.3 Å². The van der Waals surface area contributed by atoms with Crippen LogP contribution in [-0.4, -0.2) is 319 Å². The molecule has 18 amide bonds. The summed E-state index contributed by atoms with van der Waals surface area (Å²) in [5, 5.41) is 59.4. The Morgan fingerprint density at radius 2 is 1.03 bits per heavy atom. The molecule has 0 spiro atoms. The van der Waals surface area contributed by atoms with E-state index in [1.54, 1.807) is 60.9 Å². The van der Waals surface area contributed by atoms with Crippen molar-refractivity contribution < 1.29 is 102 Å². The monoisotopic (exact) mass is 1820 g/mol. The highest BCUT2D eigenvalue weighted by molar-refractivity contribution is 8.00. The summed E-state index contributed by atoms with van der Waals surface area (Å²) in [6.45, 7) is 1.43. The molecule has 5 heterocycles. The fraction of sp³-hybridized carbons (Fsp3) is 0.529. The van der Waals surface area contributed by atoms with Crippen molar-refractivity contribution in [1.29, 1.82) is 0 Å². The Bertz CT molecular complexity index is 4880. The minimum absolute atomic E-state index is 0.00905. The molecule has 129 heavy (non-hydrogen) atoms. The van der Waals surface area contributed by atoms with E-state index in [-0.39, 0.29) is 70.2 Å². The van der Waals surface area contributed by atoms with Gasteiger partial charge in [0, 0.05) is 113 Å². The zero-order valence-electron chi connectivity index (χ0n) is 72.9. The van der Waals surface area contributed by atoms with Crippen molar-refractivity contribution in [3.05, 3.63) is 102 Å². The van der Waals surface area contributed by atoms with Crippen molar-refractivity contribution in [3.63, 3.8) is 0 Å². The molecule has 702 valence electrons. The van der Waals surface area contributed by atoms with Gasteiger partial charge in [0.25, 0.3) is 0 Å². The number of aromatic amines is 2. The van der Waals surface area contributed by atoms with E-state index in [9.17, 15) is 72.9 Å². The summed E-state index contributed by atoms with van der Waals surface area (Å²) in [6, 6.07) is -3.08. The van der Waals surface area contributed by atoms with Gasteiger partial charge in [0.2, 0.25) is 106 Å². The Labute approximate surface area is 748 Å². The topological polar surface area (TPSA) is 666 Å². The number of para-hydroxylation sites is 2. The van der Waals surface area contributed by atoms with Gasteiger partial charge in [-0.3, -0.25) is 86.3 Å². The van der Waals surface area contributed by atoms with Crippen molar-refractivity contribution >= 4 is 140 Å². The Kier molecular flexibility index (Phi) is 38.1. The number of nitrogens with one attached hydrogen (secondary N) is 12. The van der Waals surface area contributed by atoms with Gasteiger partial charge in [0.05, 0.1) is 31.4 Å². The highest BCUT2D eigenvalue weighted by Crippen LogP contribution is 2.28. The average Bonchev–Trinajstić information content (AvgIpc) is 1.76. The van der Waals surface area contributed by atoms with Gasteiger partial charge in [0.15, 0.2) is 0 Å². The number of rotatable bonds is 24. The van der Waals surface area contributed by atoms with Crippen LogP contribution < -0.4 is 81.8 Å². The molecule has 3 fully saturated rings. The smallest absolute Gasteiger partial charge is 0.246 e. The predicted molar refractivity (Wildman–Crippen MR) is 470 cm³/mol. The molecule has 0 bridgehead atoms. The number of hydrogen-bond donors (Lipinski definition) is 20. The first-order chi connectivity index (χ1) is 61.4. The highest BCUT2D eigenvalue weighted by Gasteiger charge is 2.47. The molecule has 15 atom stereocenters. The van der Waals surface area contributed by atoms with Crippen LogP contribution >= 0.6 is 11.8 Å². The predicted octanol–water partition coefficient (Wildman–Crippen LogP) is -5.63. The average molecular weight is 1820 g/mol. The lowest BCUT2D eigenvalue weighted by Crippen LogP contribution is -2.62. The largest absolute Gasteiger partial charge is 0.508 e. The number of aromatic hydroxyl groups is 1. The number of nitrogens with zero attached hydrogens (tertiary/aromatic N) is 5. The Balaban J connectivity index is 1.17. The highest BCUT2D eigenvalue weighted by atomic mass is 32.2. The molecule has 43 nitrogen and oxygen atoms in total. The van der Waals surface area contributed by atoms with E-state index in [2.05, 4.69) is 63.1 Å². The van der Waals surface area contributed by atoms with Crippen LogP contribution in [0.1, 0.15) is 121 Å². The number of thioether (sulfide) groups is 1. The van der Waals surface area contributed by atoms with E-state index >= 15 is 28.8 Å². The number of carbonyl (C=O) groups is 18. The fourth-order valence-electron chi connectivity index (χ4n) is 15.7. The normalized spacial score (nSPS) is 25.3. The summed E-state index contributed by atoms with van der Waals surface area (Å²) in [5.41, 5.74) is 31.4. The van der Waals surface area contributed by atoms with E-state index in [1.807, 2.05) is 13.8 Å². The second-order valence-electron chi connectivity index (χ2n) is 32.4. The number of carbonyl (C=O) groups excluding carboxylic acids is 18. The molecular weight excluding hydrogens is 1700 g/mol. The second-order valence-corrected chi connectivity index (χ2v) is 33.4. The van der Waals surface area contributed by atoms with Gasteiger partial charge < -0.3 is 132 Å². The number of nitrogens with two attached hydrogens (primary N) is 5. The summed E-state index contributed by atoms with van der Waals surface area (Å²) in [5.74, 6) is -18.9.